The van der Waals surface area contributed by atoms with E-state index in [2.05, 4.69) is 25.5 Å². The van der Waals surface area contributed by atoms with E-state index in [-0.39, 0.29) is 41.9 Å². The number of hydrogen-bond donors (Lipinski definition) is 1. The molecular formula is C16H19N7O3. The van der Waals surface area contributed by atoms with Gasteiger partial charge in [-0.1, -0.05) is 5.16 Å². The molecule has 1 amide bonds. The van der Waals surface area contributed by atoms with E-state index in [1.165, 1.54) is 17.1 Å². The number of hydrogen-bond acceptors (Lipinski definition) is 7. The highest BCUT2D eigenvalue weighted by Gasteiger charge is 2.14. The molecule has 0 spiro atoms. The minimum absolute atomic E-state index is 0.108. The van der Waals surface area contributed by atoms with Gasteiger partial charge in [0.1, 0.15) is 11.4 Å². The molecule has 3 rings (SSSR count). The lowest BCUT2D eigenvalue weighted by Gasteiger charge is -2.12. The van der Waals surface area contributed by atoms with Crippen molar-refractivity contribution < 1.29 is 9.32 Å². The van der Waals surface area contributed by atoms with Gasteiger partial charge in [0.25, 0.3) is 11.4 Å². The number of aromatic nitrogens is 6. The highest BCUT2D eigenvalue weighted by molar-refractivity contribution is 5.89. The third-order valence-corrected chi connectivity index (χ3v) is 3.67. The summed E-state index contributed by atoms with van der Waals surface area (Å²) < 4.78 is 8.07. The molecule has 0 aliphatic rings. The molecule has 3 aromatic rings. The molecule has 1 N–H and O–H groups in total. The summed E-state index contributed by atoms with van der Waals surface area (Å²) in [7, 11) is 0. The molecule has 3 heterocycles. The molecule has 0 saturated carbocycles. The van der Waals surface area contributed by atoms with E-state index in [4.69, 9.17) is 4.52 Å². The van der Waals surface area contributed by atoms with Gasteiger partial charge in [-0.15, -0.1) is 0 Å². The smallest absolute Gasteiger partial charge is 0.266 e. The van der Waals surface area contributed by atoms with Crippen molar-refractivity contribution >= 4 is 11.7 Å². The number of nitrogens with zero attached hydrogens (tertiary/aromatic N) is 6. The van der Waals surface area contributed by atoms with Crippen LogP contribution in [0.25, 0.3) is 11.5 Å². The quantitative estimate of drug-likeness (QED) is 0.708. The first-order valence-corrected chi connectivity index (χ1v) is 8.14. The Morgan fingerprint density at radius 2 is 2.19 bits per heavy atom. The maximum atomic E-state index is 12.5. The summed E-state index contributed by atoms with van der Waals surface area (Å²) in [5, 5.41) is 10.6. The minimum Gasteiger partial charge on any atom is -0.334 e. The molecule has 10 heteroatoms. The molecule has 10 nitrogen and oxygen atoms in total. The van der Waals surface area contributed by atoms with Crippen LogP contribution in [0.5, 0.6) is 0 Å². The lowest BCUT2D eigenvalue weighted by Crippen LogP contribution is -2.25. The molecular weight excluding hydrogens is 338 g/mol. The van der Waals surface area contributed by atoms with Crippen LogP contribution < -0.4 is 10.9 Å². The number of carbonyl (C=O) groups is 1. The highest BCUT2D eigenvalue weighted by atomic mass is 16.5. The first kappa shape index (κ1) is 17.5. The number of amides is 1. The van der Waals surface area contributed by atoms with Gasteiger partial charge in [0.05, 0.1) is 12.5 Å². The molecule has 26 heavy (non-hydrogen) atoms. The first-order valence-electron chi connectivity index (χ1n) is 8.14. The van der Waals surface area contributed by atoms with Gasteiger partial charge in [0.15, 0.2) is 5.82 Å². The number of nitrogens with one attached hydrogen (secondary N) is 1. The van der Waals surface area contributed by atoms with Crippen molar-refractivity contribution in [2.75, 3.05) is 5.32 Å². The summed E-state index contributed by atoms with van der Waals surface area (Å²) in [5.41, 5.74) is -0.143. The predicted octanol–water partition coefficient (Wildman–Crippen LogP) is 1.41. The normalized spacial score (nSPS) is 11.1. The third-order valence-electron chi connectivity index (χ3n) is 3.67. The van der Waals surface area contributed by atoms with Gasteiger partial charge in [-0.05, 0) is 20.8 Å². The van der Waals surface area contributed by atoms with Gasteiger partial charge in [0, 0.05) is 31.3 Å². The fourth-order valence-electron chi connectivity index (χ4n) is 2.42. The second kappa shape index (κ2) is 7.30. The Hall–Kier alpha value is -3.30. The molecule has 0 unspecified atom stereocenters. The maximum absolute atomic E-state index is 12.5. The fraction of sp³-hybridized carbons (Fsp3) is 0.375. The summed E-state index contributed by atoms with van der Waals surface area (Å²) in [5.74, 6) is 0.930. The van der Waals surface area contributed by atoms with Crippen LogP contribution in [0.4, 0.5) is 5.82 Å². The Morgan fingerprint density at radius 3 is 2.88 bits per heavy atom. The van der Waals surface area contributed by atoms with Crippen LogP contribution in [-0.2, 0) is 11.3 Å². The predicted molar refractivity (Wildman–Crippen MR) is 92.4 cm³/mol. The van der Waals surface area contributed by atoms with E-state index < -0.39 is 0 Å². The number of aryl methyl sites for hydroxylation is 2. The molecule has 0 fully saturated rings. The average molecular weight is 357 g/mol. The summed E-state index contributed by atoms with van der Waals surface area (Å²) >= 11 is 0. The lowest BCUT2D eigenvalue weighted by atomic mass is 10.3. The van der Waals surface area contributed by atoms with Crippen LogP contribution >= 0.6 is 0 Å². The van der Waals surface area contributed by atoms with Crippen molar-refractivity contribution in [1.29, 1.82) is 0 Å². The lowest BCUT2D eigenvalue weighted by molar-refractivity contribution is -0.116. The van der Waals surface area contributed by atoms with Gasteiger partial charge < -0.3 is 9.84 Å². The van der Waals surface area contributed by atoms with Crippen molar-refractivity contribution in [2.24, 2.45) is 0 Å². The SMILES string of the molecule is Cc1noc(-c2cncn(CCC(=O)Nc3ccnn3C(C)C)c2=O)n1. The van der Waals surface area contributed by atoms with E-state index in [0.717, 1.165) is 0 Å². The Bertz CT molecular complexity index is 970. The van der Waals surface area contributed by atoms with Crippen molar-refractivity contribution in [1.82, 2.24) is 29.5 Å². The van der Waals surface area contributed by atoms with Gasteiger partial charge in [-0.3, -0.25) is 14.2 Å². The molecule has 3 aromatic heterocycles. The van der Waals surface area contributed by atoms with E-state index in [1.54, 1.807) is 23.9 Å². The molecule has 0 aliphatic carbocycles. The van der Waals surface area contributed by atoms with Crippen LogP contribution in [0.2, 0.25) is 0 Å². The highest BCUT2D eigenvalue weighted by Crippen LogP contribution is 2.13. The largest absolute Gasteiger partial charge is 0.334 e. The molecule has 0 saturated heterocycles. The molecule has 0 bridgehead atoms. The van der Waals surface area contributed by atoms with Crippen LogP contribution in [0.3, 0.4) is 0 Å². The van der Waals surface area contributed by atoms with E-state index in [1.807, 2.05) is 13.8 Å². The van der Waals surface area contributed by atoms with Crippen LogP contribution in [0.15, 0.2) is 34.1 Å². The van der Waals surface area contributed by atoms with E-state index >= 15 is 0 Å². The first-order chi connectivity index (χ1) is 12.5. The Kier molecular flexibility index (Phi) is 4.92. The summed E-state index contributed by atoms with van der Waals surface area (Å²) in [6.07, 6.45) is 4.48. The van der Waals surface area contributed by atoms with Gasteiger partial charge in [0.2, 0.25) is 5.91 Å². The number of rotatable bonds is 6. The van der Waals surface area contributed by atoms with Crippen LogP contribution in [0, 0.1) is 6.92 Å². The fourth-order valence-corrected chi connectivity index (χ4v) is 2.42. The minimum atomic E-state index is -0.344. The van der Waals surface area contributed by atoms with Crippen molar-refractivity contribution in [2.45, 2.75) is 39.8 Å². The van der Waals surface area contributed by atoms with Crippen molar-refractivity contribution in [3.05, 3.63) is 41.0 Å². The zero-order valence-electron chi connectivity index (χ0n) is 14.7. The van der Waals surface area contributed by atoms with Gasteiger partial charge in [-0.2, -0.15) is 10.1 Å². The number of anilines is 1. The Morgan fingerprint density at radius 1 is 1.38 bits per heavy atom. The summed E-state index contributed by atoms with van der Waals surface area (Å²) in [6.45, 7) is 5.78. The standard InChI is InChI=1S/C16H19N7O3/c1-10(2)23-13(4-6-18-23)20-14(24)5-7-22-9-17-8-12(16(22)25)15-19-11(3)21-26-15/h4,6,8-10H,5,7H2,1-3H3,(H,20,24). The second-order valence-electron chi connectivity index (χ2n) is 6.01. The molecule has 0 radical (unpaired) electrons. The van der Waals surface area contributed by atoms with Crippen molar-refractivity contribution in [3.63, 3.8) is 0 Å². The third kappa shape index (κ3) is 3.68. The molecule has 0 atom stereocenters. The molecule has 0 aromatic carbocycles. The zero-order chi connectivity index (χ0) is 18.7. The molecule has 0 aliphatic heterocycles. The number of carbonyl (C=O) groups excluding carboxylic acids is 1. The van der Waals surface area contributed by atoms with E-state index in [0.29, 0.717) is 11.6 Å². The molecule has 136 valence electrons. The monoisotopic (exact) mass is 357 g/mol. The Labute approximate surface area is 148 Å². The zero-order valence-corrected chi connectivity index (χ0v) is 14.7. The van der Waals surface area contributed by atoms with Gasteiger partial charge in [-0.25, -0.2) is 9.67 Å². The summed E-state index contributed by atoms with van der Waals surface area (Å²) in [4.78, 5) is 32.7. The average Bonchev–Trinajstić information content (AvgIpc) is 3.23. The van der Waals surface area contributed by atoms with Gasteiger partial charge >= 0.3 is 0 Å². The topological polar surface area (TPSA) is 121 Å². The van der Waals surface area contributed by atoms with Crippen LogP contribution in [0.1, 0.15) is 32.1 Å². The Balaban J connectivity index is 1.69. The van der Waals surface area contributed by atoms with Crippen LogP contribution in [-0.4, -0.2) is 35.4 Å². The van der Waals surface area contributed by atoms with Crippen molar-refractivity contribution in [3.8, 4) is 11.5 Å². The summed E-state index contributed by atoms with van der Waals surface area (Å²) in [6, 6.07) is 1.85. The van der Waals surface area contributed by atoms with E-state index in [9.17, 15) is 9.59 Å². The second-order valence-corrected chi connectivity index (χ2v) is 6.01. The maximum Gasteiger partial charge on any atom is 0.266 e.